The molecule has 2 rings (SSSR count). The van der Waals surface area contributed by atoms with Crippen LogP contribution in [0.3, 0.4) is 0 Å². The van der Waals surface area contributed by atoms with E-state index in [-0.39, 0.29) is 18.1 Å². The predicted molar refractivity (Wildman–Crippen MR) is 87.1 cm³/mol. The molecule has 0 bridgehead atoms. The summed E-state index contributed by atoms with van der Waals surface area (Å²) in [5, 5.41) is 2.87. The van der Waals surface area contributed by atoms with Crippen molar-refractivity contribution >= 4 is 21.8 Å². The van der Waals surface area contributed by atoms with Gasteiger partial charge in [-0.15, -0.1) is 0 Å². The maximum atomic E-state index is 12.4. The molecule has 5 nitrogen and oxygen atoms in total. The van der Waals surface area contributed by atoms with Crippen LogP contribution in [0.5, 0.6) is 5.75 Å². The largest absolute Gasteiger partial charge is 0.490 e. The molecule has 1 aliphatic heterocycles. The van der Waals surface area contributed by atoms with Crippen molar-refractivity contribution in [2.45, 2.75) is 45.7 Å². The SMILES string of the molecule is CC(C)Oc1cc(Br)ccc1C(=O)NCC1COC(C)(C)O1. The van der Waals surface area contributed by atoms with Crippen molar-refractivity contribution < 1.29 is 19.0 Å². The Bertz CT molecular complexity index is 545. The number of ether oxygens (including phenoxy) is 3. The maximum absolute atomic E-state index is 12.4. The van der Waals surface area contributed by atoms with E-state index in [2.05, 4.69) is 21.2 Å². The molecule has 22 heavy (non-hydrogen) atoms. The summed E-state index contributed by atoms with van der Waals surface area (Å²) in [6, 6.07) is 5.36. The lowest BCUT2D eigenvalue weighted by Crippen LogP contribution is -2.34. The number of amides is 1. The van der Waals surface area contributed by atoms with Gasteiger partial charge in [0.05, 0.1) is 18.3 Å². The van der Waals surface area contributed by atoms with E-state index in [0.717, 1.165) is 4.47 Å². The molecular weight excluding hydrogens is 350 g/mol. The number of halogens is 1. The Balaban J connectivity index is 2.00. The van der Waals surface area contributed by atoms with E-state index < -0.39 is 5.79 Å². The first-order chi connectivity index (χ1) is 10.3. The number of rotatable bonds is 5. The van der Waals surface area contributed by atoms with Crippen LogP contribution in [0.15, 0.2) is 22.7 Å². The molecule has 1 unspecified atom stereocenters. The third kappa shape index (κ3) is 4.69. The highest BCUT2D eigenvalue weighted by molar-refractivity contribution is 9.10. The zero-order valence-corrected chi connectivity index (χ0v) is 14.9. The average Bonchev–Trinajstić information content (AvgIpc) is 2.75. The zero-order valence-electron chi connectivity index (χ0n) is 13.3. The van der Waals surface area contributed by atoms with Gasteiger partial charge >= 0.3 is 0 Å². The lowest BCUT2D eigenvalue weighted by molar-refractivity contribution is -0.137. The molecule has 6 heteroatoms. The van der Waals surface area contributed by atoms with Crippen molar-refractivity contribution in [3.63, 3.8) is 0 Å². The first-order valence-corrected chi connectivity index (χ1v) is 8.12. The zero-order chi connectivity index (χ0) is 16.3. The van der Waals surface area contributed by atoms with Crippen LogP contribution in [0.2, 0.25) is 0 Å². The highest BCUT2D eigenvalue weighted by Crippen LogP contribution is 2.25. The molecule has 0 spiro atoms. The van der Waals surface area contributed by atoms with Crippen molar-refractivity contribution in [1.29, 1.82) is 0 Å². The van der Waals surface area contributed by atoms with Crippen LogP contribution in [0.25, 0.3) is 0 Å². The monoisotopic (exact) mass is 371 g/mol. The lowest BCUT2D eigenvalue weighted by atomic mass is 10.2. The fourth-order valence-corrected chi connectivity index (χ4v) is 2.54. The Morgan fingerprint density at radius 1 is 1.50 bits per heavy atom. The van der Waals surface area contributed by atoms with Gasteiger partial charge in [0.2, 0.25) is 0 Å². The smallest absolute Gasteiger partial charge is 0.255 e. The van der Waals surface area contributed by atoms with Gasteiger partial charge in [-0.2, -0.15) is 0 Å². The van der Waals surface area contributed by atoms with Gasteiger partial charge < -0.3 is 19.5 Å². The summed E-state index contributed by atoms with van der Waals surface area (Å²) in [6.07, 6.45) is -0.142. The average molecular weight is 372 g/mol. The van der Waals surface area contributed by atoms with E-state index in [1.807, 2.05) is 33.8 Å². The van der Waals surface area contributed by atoms with E-state index in [1.165, 1.54) is 0 Å². The topological polar surface area (TPSA) is 56.8 Å². The number of benzene rings is 1. The Morgan fingerprint density at radius 3 is 2.82 bits per heavy atom. The van der Waals surface area contributed by atoms with Crippen LogP contribution in [0, 0.1) is 0 Å². The second kappa shape index (κ2) is 6.98. The molecule has 1 aromatic carbocycles. The molecule has 1 aromatic rings. The van der Waals surface area contributed by atoms with Crippen molar-refractivity contribution in [2.24, 2.45) is 0 Å². The molecule has 0 saturated carbocycles. The normalized spacial score (nSPS) is 20.2. The first-order valence-electron chi connectivity index (χ1n) is 7.33. The van der Waals surface area contributed by atoms with E-state index in [4.69, 9.17) is 14.2 Å². The maximum Gasteiger partial charge on any atom is 0.255 e. The van der Waals surface area contributed by atoms with Crippen LogP contribution in [0.1, 0.15) is 38.1 Å². The molecule has 1 heterocycles. The van der Waals surface area contributed by atoms with Gasteiger partial charge in [-0.1, -0.05) is 15.9 Å². The fraction of sp³-hybridized carbons (Fsp3) is 0.562. The number of carbonyl (C=O) groups excluding carboxylic acids is 1. The number of nitrogens with one attached hydrogen (secondary N) is 1. The molecule has 0 radical (unpaired) electrons. The molecule has 1 fully saturated rings. The Morgan fingerprint density at radius 2 is 2.23 bits per heavy atom. The van der Waals surface area contributed by atoms with Crippen molar-refractivity contribution in [2.75, 3.05) is 13.2 Å². The first kappa shape index (κ1) is 17.2. The van der Waals surface area contributed by atoms with Gasteiger partial charge in [-0.25, -0.2) is 0 Å². The Labute approximate surface area is 139 Å². The number of hydrogen-bond acceptors (Lipinski definition) is 4. The number of carbonyl (C=O) groups is 1. The van der Waals surface area contributed by atoms with Crippen LogP contribution >= 0.6 is 15.9 Å². The summed E-state index contributed by atoms with van der Waals surface area (Å²) in [5.41, 5.74) is 0.509. The van der Waals surface area contributed by atoms with Crippen LogP contribution in [-0.4, -0.2) is 37.1 Å². The fourth-order valence-electron chi connectivity index (χ4n) is 2.20. The number of hydrogen-bond donors (Lipinski definition) is 1. The molecule has 0 aromatic heterocycles. The molecule has 1 aliphatic rings. The summed E-state index contributed by atoms with van der Waals surface area (Å²) in [5.74, 6) is -0.207. The van der Waals surface area contributed by atoms with Crippen LogP contribution < -0.4 is 10.1 Å². The van der Waals surface area contributed by atoms with Gasteiger partial charge in [-0.3, -0.25) is 4.79 Å². The molecule has 0 aliphatic carbocycles. The Hall–Kier alpha value is -1.11. The van der Waals surface area contributed by atoms with Crippen LogP contribution in [0.4, 0.5) is 0 Å². The van der Waals surface area contributed by atoms with E-state index >= 15 is 0 Å². The second-order valence-corrected chi connectivity index (χ2v) is 6.88. The summed E-state index contributed by atoms with van der Waals surface area (Å²) in [4.78, 5) is 12.4. The third-order valence-corrected chi connectivity index (χ3v) is 3.60. The minimum atomic E-state index is -0.584. The minimum absolute atomic E-state index is 0.00628. The van der Waals surface area contributed by atoms with Gasteiger partial charge in [-0.05, 0) is 45.9 Å². The second-order valence-electron chi connectivity index (χ2n) is 5.97. The Kier molecular flexibility index (Phi) is 5.47. The van der Waals surface area contributed by atoms with E-state index in [1.54, 1.807) is 12.1 Å². The van der Waals surface area contributed by atoms with Gasteiger partial charge in [0.1, 0.15) is 11.9 Å². The molecule has 1 atom stereocenters. The summed E-state index contributed by atoms with van der Waals surface area (Å²) in [7, 11) is 0. The van der Waals surface area contributed by atoms with Gasteiger partial charge in [0, 0.05) is 11.0 Å². The standard InChI is InChI=1S/C16H22BrNO4/c1-10(2)21-14-7-11(17)5-6-13(14)15(19)18-8-12-9-20-16(3,4)22-12/h5-7,10,12H,8-9H2,1-4H3,(H,18,19). The lowest BCUT2D eigenvalue weighted by Gasteiger charge is -2.18. The third-order valence-electron chi connectivity index (χ3n) is 3.11. The summed E-state index contributed by atoms with van der Waals surface area (Å²) < 4.78 is 17.7. The highest BCUT2D eigenvalue weighted by atomic mass is 79.9. The quantitative estimate of drug-likeness (QED) is 0.863. The molecule has 1 N–H and O–H groups in total. The predicted octanol–water partition coefficient (Wildman–Crippen LogP) is 3.12. The summed E-state index contributed by atoms with van der Waals surface area (Å²) >= 11 is 3.39. The van der Waals surface area contributed by atoms with Crippen molar-refractivity contribution in [3.05, 3.63) is 28.2 Å². The van der Waals surface area contributed by atoms with E-state index in [0.29, 0.717) is 24.5 Å². The van der Waals surface area contributed by atoms with Crippen molar-refractivity contribution in [3.8, 4) is 5.75 Å². The van der Waals surface area contributed by atoms with Crippen LogP contribution in [-0.2, 0) is 9.47 Å². The minimum Gasteiger partial charge on any atom is -0.490 e. The molecule has 1 amide bonds. The van der Waals surface area contributed by atoms with Gasteiger partial charge in [0.15, 0.2) is 5.79 Å². The van der Waals surface area contributed by atoms with E-state index in [9.17, 15) is 4.79 Å². The van der Waals surface area contributed by atoms with Crippen molar-refractivity contribution in [1.82, 2.24) is 5.32 Å². The molecular formula is C16H22BrNO4. The van der Waals surface area contributed by atoms with Gasteiger partial charge in [0.25, 0.3) is 5.91 Å². The molecule has 1 saturated heterocycles. The molecule has 122 valence electrons. The summed E-state index contributed by atoms with van der Waals surface area (Å²) in [6.45, 7) is 8.45. The highest BCUT2D eigenvalue weighted by Gasteiger charge is 2.32.